The van der Waals surface area contributed by atoms with Gasteiger partial charge < -0.3 is 19.8 Å². The highest BCUT2D eigenvalue weighted by Crippen LogP contribution is 2.33. The average molecular weight is 581 g/mol. The van der Waals surface area contributed by atoms with Crippen LogP contribution in [0.15, 0.2) is 54.6 Å². The van der Waals surface area contributed by atoms with E-state index in [1.165, 1.54) is 17.0 Å². The van der Waals surface area contributed by atoms with Gasteiger partial charge in [0.1, 0.15) is 5.82 Å². The zero-order chi connectivity index (χ0) is 30.4. The fraction of sp³-hybridized carbons (Fsp3) is 0.310. The SMILES string of the molecule is CCOC(=O)n1nc(C2CCN(CCN3C(=O)c4ccccc4C3=O)CC2)c2ccc(F)cc21.O=C(O)C=CC(=O)O. The Morgan fingerprint density at radius 2 is 1.57 bits per heavy atom. The summed E-state index contributed by atoms with van der Waals surface area (Å²) < 4.78 is 20.1. The standard InChI is InChI=1S/C25H25FN4O4.C4H4O4/c1-2-34-25(33)30-21-15-17(26)7-8-20(21)22(27-30)16-9-11-28(12-10-16)13-14-29-23(31)18-5-3-4-6-19(18)24(29)32;5-3(6)1-2-4(7)8/h3-8,15-16H,2,9-14H2,1H3;1-2H,(H,5,6)(H,7,8). The molecule has 0 spiro atoms. The van der Waals surface area contributed by atoms with E-state index in [9.17, 15) is 28.4 Å². The monoisotopic (exact) mass is 580 g/mol. The fourth-order valence-corrected chi connectivity index (χ4v) is 4.99. The number of carbonyl (C=O) groups is 5. The first-order chi connectivity index (χ1) is 20.1. The second-order valence-corrected chi connectivity index (χ2v) is 9.59. The molecule has 0 atom stereocenters. The third kappa shape index (κ3) is 6.69. The number of ether oxygens (including phenoxy) is 1. The Balaban J connectivity index is 0.000000446. The molecule has 1 saturated heterocycles. The lowest BCUT2D eigenvalue weighted by atomic mass is 9.91. The van der Waals surface area contributed by atoms with Crippen molar-refractivity contribution in [2.45, 2.75) is 25.7 Å². The highest BCUT2D eigenvalue weighted by molar-refractivity contribution is 6.21. The van der Waals surface area contributed by atoms with Crippen LogP contribution in [-0.2, 0) is 14.3 Å². The summed E-state index contributed by atoms with van der Waals surface area (Å²) in [7, 11) is 0. The van der Waals surface area contributed by atoms with Crippen molar-refractivity contribution < 1.29 is 43.3 Å². The topological polar surface area (TPSA) is 159 Å². The molecule has 13 heteroatoms. The first-order valence-corrected chi connectivity index (χ1v) is 13.3. The van der Waals surface area contributed by atoms with E-state index in [2.05, 4.69) is 10.00 Å². The van der Waals surface area contributed by atoms with Crippen molar-refractivity contribution in [2.24, 2.45) is 0 Å². The van der Waals surface area contributed by atoms with E-state index >= 15 is 0 Å². The minimum absolute atomic E-state index is 0.110. The van der Waals surface area contributed by atoms with Crippen molar-refractivity contribution in [3.63, 3.8) is 0 Å². The van der Waals surface area contributed by atoms with Gasteiger partial charge in [0.2, 0.25) is 0 Å². The Hall–Kier alpha value is -4.91. The summed E-state index contributed by atoms with van der Waals surface area (Å²) in [4.78, 5) is 60.2. The number of piperidine rings is 1. The van der Waals surface area contributed by atoms with Gasteiger partial charge >= 0.3 is 18.0 Å². The first kappa shape index (κ1) is 30.1. The summed E-state index contributed by atoms with van der Waals surface area (Å²) in [6.45, 7) is 4.39. The molecule has 0 radical (unpaired) electrons. The normalized spacial score (nSPS) is 15.5. The van der Waals surface area contributed by atoms with Crippen LogP contribution >= 0.6 is 0 Å². The number of likely N-dealkylation sites (tertiary alicyclic amines) is 1. The summed E-state index contributed by atoms with van der Waals surface area (Å²) in [5, 5.41) is 20.9. The van der Waals surface area contributed by atoms with Crippen molar-refractivity contribution >= 4 is 40.7 Å². The molecule has 2 amide bonds. The number of fused-ring (bicyclic) bond motifs is 2. The van der Waals surface area contributed by atoms with E-state index in [1.807, 2.05) is 0 Å². The Kier molecular flexibility index (Phi) is 9.42. The molecule has 12 nitrogen and oxygen atoms in total. The summed E-state index contributed by atoms with van der Waals surface area (Å²) in [5.41, 5.74) is 2.10. The summed E-state index contributed by atoms with van der Waals surface area (Å²) in [6, 6.07) is 11.2. The minimum atomic E-state index is -1.26. The van der Waals surface area contributed by atoms with E-state index in [0.29, 0.717) is 41.9 Å². The van der Waals surface area contributed by atoms with Gasteiger partial charge in [-0.25, -0.2) is 18.8 Å². The molecule has 1 aromatic heterocycles. The molecule has 2 aromatic carbocycles. The number of carboxylic acid groups (broad SMARTS) is 2. The summed E-state index contributed by atoms with van der Waals surface area (Å²) >= 11 is 0. The third-order valence-electron chi connectivity index (χ3n) is 6.97. The lowest BCUT2D eigenvalue weighted by Crippen LogP contribution is -2.41. The van der Waals surface area contributed by atoms with Crippen molar-refractivity contribution in [3.05, 3.63) is 77.3 Å². The van der Waals surface area contributed by atoms with Gasteiger partial charge in [0.25, 0.3) is 11.8 Å². The van der Waals surface area contributed by atoms with Crippen LogP contribution in [0.25, 0.3) is 10.9 Å². The number of nitrogens with zero attached hydrogens (tertiary/aromatic N) is 4. The van der Waals surface area contributed by atoms with Crippen LogP contribution in [-0.4, -0.2) is 92.4 Å². The van der Waals surface area contributed by atoms with Gasteiger partial charge in [0.15, 0.2) is 0 Å². The second kappa shape index (κ2) is 13.2. The Labute approximate surface area is 239 Å². The van der Waals surface area contributed by atoms with Crippen LogP contribution in [0.3, 0.4) is 0 Å². The molecule has 2 aliphatic heterocycles. The molecule has 220 valence electrons. The number of rotatable bonds is 7. The number of amides is 2. The molecule has 42 heavy (non-hydrogen) atoms. The molecule has 5 rings (SSSR count). The molecule has 3 aromatic rings. The Bertz CT molecular complexity index is 1510. The van der Waals surface area contributed by atoms with Crippen LogP contribution in [0.5, 0.6) is 0 Å². The van der Waals surface area contributed by atoms with Gasteiger partial charge in [0.05, 0.1) is 28.9 Å². The molecule has 1 fully saturated rings. The quantitative estimate of drug-likeness (QED) is 0.313. The zero-order valence-electron chi connectivity index (χ0n) is 22.7. The van der Waals surface area contributed by atoms with E-state index in [1.54, 1.807) is 37.3 Å². The predicted molar refractivity (Wildman–Crippen MR) is 147 cm³/mol. The van der Waals surface area contributed by atoms with E-state index in [-0.39, 0.29) is 24.3 Å². The van der Waals surface area contributed by atoms with E-state index in [4.69, 9.17) is 14.9 Å². The van der Waals surface area contributed by atoms with Gasteiger partial charge in [-0.2, -0.15) is 9.78 Å². The molecule has 0 unspecified atom stereocenters. The molecule has 2 aliphatic rings. The highest BCUT2D eigenvalue weighted by Gasteiger charge is 2.35. The highest BCUT2D eigenvalue weighted by atomic mass is 19.1. The smallest absolute Gasteiger partial charge is 0.435 e. The predicted octanol–water partition coefficient (Wildman–Crippen LogP) is 3.37. The number of imide groups is 1. The van der Waals surface area contributed by atoms with Gasteiger partial charge in [-0.15, -0.1) is 0 Å². The van der Waals surface area contributed by atoms with Crippen LogP contribution in [0.1, 0.15) is 52.1 Å². The van der Waals surface area contributed by atoms with Crippen molar-refractivity contribution in [1.29, 1.82) is 0 Å². The van der Waals surface area contributed by atoms with E-state index < -0.39 is 23.8 Å². The third-order valence-corrected chi connectivity index (χ3v) is 6.97. The minimum Gasteiger partial charge on any atom is -0.478 e. The molecule has 2 N–H and O–H groups in total. The maximum Gasteiger partial charge on any atom is 0.435 e. The second-order valence-electron chi connectivity index (χ2n) is 9.59. The molecule has 0 bridgehead atoms. The fourth-order valence-electron chi connectivity index (χ4n) is 4.99. The molecule has 0 aliphatic carbocycles. The van der Waals surface area contributed by atoms with Gasteiger partial charge in [-0.3, -0.25) is 14.5 Å². The van der Waals surface area contributed by atoms with Crippen LogP contribution in [0, 0.1) is 5.82 Å². The van der Waals surface area contributed by atoms with Crippen LogP contribution in [0.2, 0.25) is 0 Å². The van der Waals surface area contributed by atoms with E-state index in [0.717, 1.165) is 41.7 Å². The molecular weight excluding hydrogens is 551 g/mol. The number of carboxylic acids is 2. The molecular formula is C29H29FN4O8. The number of benzene rings is 2. The molecule has 3 heterocycles. The number of aromatic nitrogens is 2. The number of halogens is 1. The Morgan fingerprint density at radius 3 is 2.12 bits per heavy atom. The van der Waals surface area contributed by atoms with Crippen molar-refractivity contribution in [3.8, 4) is 0 Å². The largest absolute Gasteiger partial charge is 0.478 e. The lowest BCUT2D eigenvalue weighted by Gasteiger charge is -2.32. The summed E-state index contributed by atoms with van der Waals surface area (Å²) in [5.74, 6) is -3.32. The average Bonchev–Trinajstić information content (AvgIpc) is 3.46. The lowest BCUT2D eigenvalue weighted by molar-refractivity contribution is -0.134. The summed E-state index contributed by atoms with van der Waals surface area (Å²) in [6.07, 6.45) is 2.09. The van der Waals surface area contributed by atoms with Crippen molar-refractivity contribution in [1.82, 2.24) is 19.6 Å². The van der Waals surface area contributed by atoms with Gasteiger partial charge in [0, 0.05) is 42.6 Å². The maximum absolute atomic E-state index is 13.9. The zero-order valence-corrected chi connectivity index (χ0v) is 22.7. The Morgan fingerprint density at radius 1 is 0.976 bits per heavy atom. The van der Waals surface area contributed by atoms with Gasteiger partial charge in [-0.1, -0.05) is 12.1 Å². The number of hydrogen-bond acceptors (Lipinski definition) is 8. The van der Waals surface area contributed by atoms with Gasteiger partial charge in [-0.05, 0) is 57.1 Å². The van der Waals surface area contributed by atoms with Crippen LogP contribution < -0.4 is 0 Å². The van der Waals surface area contributed by atoms with Crippen LogP contribution in [0.4, 0.5) is 9.18 Å². The number of aliphatic carboxylic acids is 2. The maximum atomic E-state index is 13.9. The number of hydrogen-bond donors (Lipinski definition) is 2. The number of carbonyl (C=O) groups excluding carboxylic acids is 3. The van der Waals surface area contributed by atoms with Crippen molar-refractivity contribution in [2.75, 3.05) is 32.8 Å². The first-order valence-electron chi connectivity index (χ1n) is 13.3. The molecule has 0 saturated carbocycles.